The maximum Gasteiger partial charge on any atom is 0.335 e. The van der Waals surface area contributed by atoms with Gasteiger partial charge in [0.05, 0.1) is 28.1 Å². The van der Waals surface area contributed by atoms with E-state index in [4.69, 9.17) is 16.7 Å². The van der Waals surface area contributed by atoms with Gasteiger partial charge in [0.25, 0.3) is 0 Å². The zero-order valence-electron chi connectivity index (χ0n) is 11.9. The molecule has 1 aromatic rings. The summed E-state index contributed by atoms with van der Waals surface area (Å²) < 4.78 is 0. The summed E-state index contributed by atoms with van der Waals surface area (Å²) >= 11 is 5.99. The van der Waals surface area contributed by atoms with Crippen molar-refractivity contribution in [1.82, 2.24) is 0 Å². The van der Waals surface area contributed by atoms with Gasteiger partial charge in [-0.25, -0.2) is 4.79 Å². The first-order valence-corrected chi connectivity index (χ1v) is 7.51. The fourth-order valence-corrected chi connectivity index (χ4v) is 3.65. The maximum atomic E-state index is 12.5. The molecule has 3 N–H and O–H groups in total. The van der Waals surface area contributed by atoms with Gasteiger partial charge in [-0.05, 0) is 36.5 Å². The number of carbonyl (C=O) groups is 3. The fourth-order valence-electron chi connectivity index (χ4n) is 3.49. The van der Waals surface area contributed by atoms with Crippen molar-refractivity contribution in [2.75, 3.05) is 5.32 Å². The smallest absolute Gasteiger partial charge is 0.335 e. The van der Waals surface area contributed by atoms with Crippen LogP contribution in [0.2, 0.25) is 5.02 Å². The highest BCUT2D eigenvalue weighted by atomic mass is 35.5. The topological polar surface area (TPSA) is 104 Å². The van der Waals surface area contributed by atoms with Gasteiger partial charge in [0.2, 0.25) is 5.91 Å². The molecule has 1 saturated carbocycles. The van der Waals surface area contributed by atoms with Gasteiger partial charge >= 0.3 is 11.9 Å². The van der Waals surface area contributed by atoms with E-state index in [9.17, 15) is 19.5 Å². The van der Waals surface area contributed by atoms with Crippen LogP contribution in [0.15, 0.2) is 30.4 Å². The van der Waals surface area contributed by atoms with E-state index >= 15 is 0 Å². The average molecular weight is 336 g/mol. The number of hydrogen-bond donors (Lipinski definition) is 3. The number of aliphatic carboxylic acids is 1. The predicted molar refractivity (Wildman–Crippen MR) is 82.4 cm³/mol. The van der Waals surface area contributed by atoms with Gasteiger partial charge in [-0.3, -0.25) is 9.59 Å². The summed E-state index contributed by atoms with van der Waals surface area (Å²) in [6, 6.07) is 3.98. The molecule has 6 nitrogen and oxygen atoms in total. The summed E-state index contributed by atoms with van der Waals surface area (Å²) in [4.78, 5) is 35.0. The number of nitrogens with one attached hydrogen (secondary N) is 1. The second-order valence-electron chi connectivity index (χ2n) is 5.83. The molecule has 23 heavy (non-hydrogen) atoms. The number of allylic oxidation sites excluding steroid dienone is 2. The molecule has 1 fully saturated rings. The van der Waals surface area contributed by atoms with Crippen LogP contribution in [0.3, 0.4) is 0 Å². The number of carbonyl (C=O) groups excluding carboxylic acids is 1. The molecule has 0 aromatic heterocycles. The molecule has 0 aliphatic heterocycles. The molecule has 2 bridgehead atoms. The van der Waals surface area contributed by atoms with Gasteiger partial charge in [-0.2, -0.15) is 0 Å². The molecule has 4 atom stereocenters. The normalized spacial score (nSPS) is 27.9. The quantitative estimate of drug-likeness (QED) is 0.733. The third-order valence-electron chi connectivity index (χ3n) is 4.52. The number of rotatable bonds is 4. The van der Waals surface area contributed by atoms with Gasteiger partial charge in [0.15, 0.2) is 0 Å². The highest BCUT2D eigenvalue weighted by molar-refractivity contribution is 6.33. The molecule has 0 unspecified atom stereocenters. The third kappa shape index (κ3) is 2.70. The molecule has 1 amide bonds. The molecule has 7 heteroatoms. The highest BCUT2D eigenvalue weighted by Gasteiger charge is 2.51. The lowest BCUT2D eigenvalue weighted by atomic mass is 9.82. The fraction of sp³-hybridized carbons (Fsp3) is 0.312. The van der Waals surface area contributed by atoms with Crippen LogP contribution < -0.4 is 5.32 Å². The van der Waals surface area contributed by atoms with Crippen molar-refractivity contribution in [1.29, 1.82) is 0 Å². The maximum absolute atomic E-state index is 12.5. The standard InChI is InChI=1S/C16H14ClNO5/c17-10-4-3-9(15(20)21)6-11(10)18-14(19)12-7-1-2-8(5-7)13(12)16(22)23/h1-4,6-8,12-13H,5H2,(H,18,19)(H,20,21)(H,22,23)/t7-,8-,12+,13-/m0/s1. The van der Waals surface area contributed by atoms with E-state index in [0.29, 0.717) is 6.42 Å². The predicted octanol–water partition coefficient (Wildman–Crippen LogP) is 2.50. The van der Waals surface area contributed by atoms with Crippen molar-refractivity contribution in [2.45, 2.75) is 6.42 Å². The van der Waals surface area contributed by atoms with Crippen LogP contribution in [0.4, 0.5) is 5.69 Å². The monoisotopic (exact) mass is 335 g/mol. The molecule has 0 saturated heterocycles. The molecule has 120 valence electrons. The van der Waals surface area contributed by atoms with Gasteiger partial charge in [0.1, 0.15) is 0 Å². The van der Waals surface area contributed by atoms with E-state index in [0.717, 1.165) is 0 Å². The molecule has 0 heterocycles. The molecule has 0 spiro atoms. The summed E-state index contributed by atoms with van der Waals surface area (Å²) in [5.74, 6) is -4.25. The number of fused-ring (bicyclic) bond motifs is 2. The Hall–Kier alpha value is -2.34. The van der Waals surface area contributed by atoms with E-state index in [1.807, 2.05) is 12.2 Å². The summed E-state index contributed by atoms with van der Waals surface area (Å²) in [5, 5.41) is 21.2. The lowest BCUT2D eigenvalue weighted by Crippen LogP contribution is -2.36. The van der Waals surface area contributed by atoms with Crippen molar-refractivity contribution in [2.24, 2.45) is 23.7 Å². The van der Waals surface area contributed by atoms with Crippen molar-refractivity contribution in [3.63, 3.8) is 0 Å². The van der Waals surface area contributed by atoms with Crippen LogP contribution in [-0.2, 0) is 9.59 Å². The van der Waals surface area contributed by atoms with Crippen molar-refractivity contribution >= 4 is 35.1 Å². The number of carboxylic acids is 2. The molecule has 3 rings (SSSR count). The first-order valence-electron chi connectivity index (χ1n) is 7.13. The van der Waals surface area contributed by atoms with Crippen molar-refractivity contribution in [3.8, 4) is 0 Å². The minimum atomic E-state index is -1.14. The van der Waals surface area contributed by atoms with Gasteiger partial charge in [-0.1, -0.05) is 23.8 Å². The Morgan fingerprint density at radius 2 is 1.74 bits per heavy atom. The van der Waals surface area contributed by atoms with E-state index in [-0.39, 0.29) is 28.1 Å². The van der Waals surface area contributed by atoms with E-state index in [2.05, 4.69) is 5.32 Å². The molecule has 2 aliphatic rings. The lowest BCUT2D eigenvalue weighted by molar-refractivity contribution is -0.146. The van der Waals surface area contributed by atoms with Gasteiger partial charge in [-0.15, -0.1) is 0 Å². The van der Waals surface area contributed by atoms with Crippen LogP contribution in [-0.4, -0.2) is 28.1 Å². The number of carboxylic acid groups (broad SMARTS) is 2. The van der Waals surface area contributed by atoms with Crippen LogP contribution in [0, 0.1) is 23.7 Å². The number of amides is 1. The molecule has 2 aliphatic carbocycles. The Morgan fingerprint density at radius 1 is 1.09 bits per heavy atom. The largest absolute Gasteiger partial charge is 0.481 e. The number of halogens is 1. The molecular weight excluding hydrogens is 322 g/mol. The molecule has 0 radical (unpaired) electrons. The van der Waals surface area contributed by atoms with Crippen molar-refractivity contribution < 1.29 is 24.6 Å². The number of benzene rings is 1. The molecule has 1 aromatic carbocycles. The minimum absolute atomic E-state index is 0.00711. The zero-order chi connectivity index (χ0) is 16.7. The van der Waals surface area contributed by atoms with Crippen LogP contribution >= 0.6 is 11.6 Å². The van der Waals surface area contributed by atoms with E-state index < -0.39 is 29.7 Å². The Labute approximate surface area is 136 Å². The minimum Gasteiger partial charge on any atom is -0.481 e. The second kappa shape index (κ2) is 5.70. The highest BCUT2D eigenvalue weighted by Crippen LogP contribution is 2.48. The lowest BCUT2D eigenvalue weighted by Gasteiger charge is -2.24. The van der Waals surface area contributed by atoms with Crippen molar-refractivity contribution in [3.05, 3.63) is 40.9 Å². The van der Waals surface area contributed by atoms with E-state index in [1.54, 1.807) is 0 Å². The summed E-state index contributed by atoms with van der Waals surface area (Å²) in [7, 11) is 0. The summed E-state index contributed by atoms with van der Waals surface area (Å²) in [6.07, 6.45) is 4.38. The summed E-state index contributed by atoms with van der Waals surface area (Å²) in [5.41, 5.74) is 0.166. The number of aromatic carboxylic acids is 1. The number of anilines is 1. The number of hydrogen-bond acceptors (Lipinski definition) is 3. The first-order chi connectivity index (χ1) is 10.9. The Kier molecular flexibility index (Phi) is 3.85. The Balaban J connectivity index is 1.85. The Morgan fingerprint density at radius 3 is 2.35 bits per heavy atom. The Bertz CT molecular complexity index is 729. The van der Waals surface area contributed by atoms with Crippen LogP contribution in [0.25, 0.3) is 0 Å². The van der Waals surface area contributed by atoms with Crippen LogP contribution in [0.1, 0.15) is 16.8 Å². The van der Waals surface area contributed by atoms with Gasteiger partial charge < -0.3 is 15.5 Å². The zero-order valence-corrected chi connectivity index (χ0v) is 12.7. The summed E-state index contributed by atoms with van der Waals surface area (Å²) in [6.45, 7) is 0. The van der Waals surface area contributed by atoms with Gasteiger partial charge in [0, 0.05) is 0 Å². The van der Waals surface area contributed by atoms with E-state index in [1.165, 1.54) is 18.2 Å². The second-order valence-corrected chi connectivity index (χ2v) is 6.23. The first kappa shape index (κ1) is 15.6. The molecular formula is C16H14ClNO5. The third-order valence-corrected chi connectivity index (χ3v) is 4.85. The SMILES string of the molecule is O=C(O)c1ccc(Cl)c(NC(=O)[C@H]2[C@@H](C(=O)O)[C@H]3C=C[C@H]2C3)c1. The van der Waals surface area contributed by atoms with Crippen LogP contribution in [0.5, 0.6) is 0 Å². The average Bonchev–Trinajstić information content (AvgIpc) is 3.09.